The van der Waals surface area contributed by atoms with E-state index in [0.29, 0.717) is 27.9 Å². The molecule has 0 bridgehead atoms. The Morgan fingerprint density at radius 3 is 2.47 bits per heavy atom. The van der Waals surface area contributed by atoms with E-state index in [0.717, 1.165) is 11.3 Å². The summed E-state index contributed by atoms with van der Waals surface area (Å²) in [6.07, 6.45) is 2.99. The van der Waals surface area contributed by atoms with Crippen molar-refractivity contribution in [2.24, 2.45) is 0 Å². The number of fused-ring (bicyclic) bond motifs is 1. The summed E-state index contributed by atoms with van der Waals surface area (Å²) in [5.74, 6) is 0.313. The van der Waals surface area contributed by atoms with E-state index < -0.39 is 27.1 Å². The fourth-order valence-electron chi connectivity index (χ4n) is 3.09. The van der Waals surface area contributed by atoms with Crippen molar-refractivity contribution in [3.05, 3.63) is 81.6 Å². The van der Waals surface area contributed by atoms with E-state index in [2.05, 4.69) is 5.32 Å². The lowest BCUT2D eigenvalue weighted by atomic mass is 10.1. The van der Waals surface area contributed by atoms with Gasteiger partial charge in [0.1, 0.15) is 9.96 Å². The number of anilines is 1. The molecule has 2 aromatic carbocycles. The number of amides is 2. The fraction of sp³-hybridized carbons (Fsp3) is 0.0476. The summed E-state index contributed by atoms with van der Waals surface area (Å²) in [6.45, 7) is 0. The minimum absolute atomic E-state index is 0.0857. The first-order chi connectivity index (χ1) is 16.1. The second-order valence-corrected chi connectivity index (χ2v) is 11.5. The predicted octanol–water partition coefficient (Wildman–Crippen LogP) is 3.89. The van der Waals surface area contributed by atoms with E-state index in [9.17, 15) is 22.2 Å². The van der Waals surface area contributed by atoms with Gasteiger partial charge in [-0.05, 0) is 60.0 Å². The van der Waals surface area contributed by atoms with Crippen LogP contribution >= 0.6 is 22.9 Å². The van der Waals surface area contributed by atoms with E-state index in [-0.39, 0.29) is 14.1 Å². The number of hydrogen-bond acceptors (Lipinski definition) is 7. The van der Waals surface area contributed by atoms with Crippen molar-refractivity contribution in [1.29, 1.82) is 0 Å². The van der Waals surface area contributed by atoms with Crippen LogP contribution in [0.15, 0.2) is 75.9 Å². The maximum atomic E-state index is 13.0. The molecule has 9 nitrogen and oxygen atoms in total. The summed E-state index contributed by atoms with van der Waals surface area (Å²) >= 11 is 5.06. The van der Waals surface area contributed by atoms with Crippen molar-refractivity contribution < 1.29 is 21.6 Å². The van der Waals surface area contributed by atoms with Gasteiger partial charge in [0.2, 0.25) is 11.1 Å². The summed E-state index contributed by atoms with van der Waals surface area (Å²) in [7, 11) is -4.05. The molecule has 2 aromatic heterocycles. The number of hydrogen-bond donors (Lipinski definition) is 2. The maximum absolute atomic E-state index is 13.0. The number of nitrogens with one attached hydrogen (secondary N) is 2. The van der Waals surface area contributed by atoms with Crippen LogP contribution in [0.25, 0.3) is 16.5 Å². The number of carbonyl (C=O) groups excluding carboxylic acids is 1. The Morgan fingerprint density at radius 2 is 1.82 bits per heavy atom. The first-order valence-electron chi connectivity index (χ1n) is 9.49. The van der Waals surface area contributed by atoms with Gasteiger partial charge in [0.05, 0.1) is 9.72 Å². The molecule has 0 fully saturated rings. The number of nitrogens with zero attached hydrogens (tertiary/aromatic N) is 1. The Hall–Kier alpha value is -3.19. The highest BCUT2D eigenvalue weighted by Gasteiger charge is 2.19. The van der Waals surface area contributed by atoms with E-state index in [4.69, 9.17) is 15.8 Å². The third-order valence-corrected chi connectivity index (χ3v) is 8.02. The van der Waals surface area contributed by atoms with Gasteiger partial charge in [-0.15, -0.1) is 11.3 Å². The molecule has 2 amide bonds. The van der Waals surface area contributed by atoms with Gasteiger partial charge in [-0.2, -0.15) is 0 Å². The van der Waals surface area contributed by atoms with Gasteiger partial charge in [-0.1, -0.05) is 17.7 Å². The molecule has 0 radical (unpaired) electrons. The van der Waals surface area contributed by atoms with Gasteiger partial charge in [0.15, 0.2) is 0 Å². The zero-order valence-corrected chi connectivity index (χ0v) is 20.6. The van der Waals surface area contributed by atoms with Crippen LogP contribution in [0.1, 0.15) is 0 Å². The molecule has 34 heavy (non-hydrogen) atoms. The SMILES string of the molecule is CS(=O)Oc1ccc2ccn(-c3ccc(NC(=O)NS(=O)(=O)c4ccc(Cl)s4)cc3)c(=O)c2c1. The molecular weight excluding hydrogens is 522 g/mol. The minimum Gasteiger partial charge on any atom is -0.401 e. The summed E-state index contributed by atoms with van der Waals surface area (Å²) in [4.78, 5) is 25.2. The Bertz CT molecular complexity index is 1580. The zero-order valence-electron chi connectivity index (χ0n) is 17.4. The molecule has 4 rings (SSSR count). The number of aromatic nitrogens is 1. The average molecular weight is 538 g/mol. The lowest BCUT2D eigenvalue weighted by molar-refractivity contribution is 0.256. The van der Waals surface area contributed by atoms with Crippen molar-refractivity contribution >= 4 is 66.5 Å². The van der Waals surface area contributed by atoms with Gasteiger partial charge in [-0.3, -0.25) is 9.36 Å². The van der Waals surface area contributed by atoms with Gasteiger partial charge >= 0.3 is 6.03 Å². The molecule has 13 heteroatoms. The lowest BCUT2D eigenvalue weighted by Crippen LogP contribution is -2.33. The van der Waals surface area contributed by atoms with Crippen molar-refractivity contribution in [3.63, 3.8) is 0 Å². The van der Waals surface area contributed by atoms with Gasteiger partial charge in [0, 0.05) is 23.8 Å². The van der Waals surface area contributed by atoms with E-state index in [1.807, 2.05) is 4.72 Å². The molecular formula is C21H16ClN3O6S3. The number of rotatable bonds is 6. The first-order valence-corrected chi connectivity index (χ1v) is 13.7. The number of urea groups is 1. The van der Waals surface area contributed by atoms with Crippen LogP contribution in [0.2, 0.25) is 4.34 Å². The van der Waals surface area contributed by atoms with Gasteiger partial charge in [0.25, 0.3) is 15.6 Å². The number of halogens is 1. The fourth-order valence-corrected chi connectivity index (χ4v) is 5.85. The summed E-state index contributed by atoms with van der Waals surface area (Å²) < 4.78 is 44.5. The van der Waals surface area contributed by atoms with Crippen LogP contribution in [-0.4, -0.2) is 29.5 Å². The van der Waals surface area contributed by atoms with E-state index in [1.54, 1.807) is 36.5 Å². The molecule has 2 heterocycles. The Balaban J connectivity index is 1.53. The minimum atomic E-state index is -4.05. The third-order valence-electron chi connectivity index (χ3n) is 4.53. The third kappa shape index (κ3) is 5.30. The number of thiophene rings is 1. The van der Waals surface area contributed by atoms with Gasteiger partial charge in [-0.25, -0.2) is 22.1 Å². The Kier molecular flexibility index (Phi) is 6.75. The normalized spacial score (nSPS) is 12.3. The second-order valence-electron chi connectivity index (χ2n) is 6.89. The number of sulfonamides is 1. The smallest absolute Gasteiger partial charge is 0.333 e. The quantitative estimate of drug-likeness (QED) is 0.384. The topological polar surface area (TPSA) is 124 Å². The molecule has 0 spiro atoms. The predicted molar refractivity (Wildman–Crippen MR) is 133 cm³/mol. The molecule has 1 atom stereocenters. The van der Waals surface area contributed by atoms with Crippen molar-refractivity contribution in [1.82, 2.24) is 9.29 Å². The average Bonchev–Trinajstić information content (AvgIpc) is 3.22. The molecule has 0 aliphatic rings. The first kappa shape index (κ1) is 24.0. The summed E-state index contributed by atoms with van der Waals surface area (Å²) in [5, 5.41) is 3.51. The molecule has 1 unspecified atom stereocenters. The molecule has 0 saturated heterocycles. The van der Waals surface area contributed by atoms with Crippen LogP contribution < -0.4 is 19.8 Å². The van der Waals surface area contributed by atoms with Crippen LogP contribution in [-0.2, 0) is 21.1 Å². The van der Waals surface area contributed by atoms with E-state index >= 15 is 0 Å². The zero-order chi connectivity index (χ0) is 24.5. The van der Waals surface area contributed by atoms with Crippen molar-refractivity contribution in [3.8, 4) is 11.4 Å². The summed E-state index contributed by atoms with van der Waals surface area (Å²) in [5.41, 5.74) is 0.517. The maximum Gasteiger partial charge on any atom is 0.333 e. The molecule has 2 N–H and O–H groups in total. The Morgan fingerprint density at radius 1 is 1.09 bits per heavy atom. The largest absolute Gasteiger partial charge is 0.401 e. The standard InChI is InChI=1S/C21H16ClN3O6S3/c1-33(28)31-16-7-2-13-10-11-25(20(26)17(13)12-16)15-5-3-14(4-6-15)23-21(27)24-34(29,30)19-9-8-18(22)32-19/h2-12H,1H3,(H2,23,24,27). The number of carbonyl (C=O) groups is 1. The summed E-state index contributed by atoms with van der Waals surface area (Å²) in [6, 6.07) is 14.6. The van der Waals surface area contributed by atoms with E-state index in [1.165, 1.54) is 41.2 Å². The van der Waals surface area contributed by atoms with Crippen molar-refractivity contribution in [2.45, 2.75) is 4.21 Å². The van der Waals surface area contributed by atoms with Crippen LogP contribution in [0, 0.1) is 0 Å². The molecule has 0 aliphatic heterocycles. The highest BCUT2D eigenvalue weighted by Crippen LogP contribution is 2.25. The Labute approximate surface area is 205 Å². The highest BCUT2D eigenvalue weighted by molar-refractivity contribution is 7.92. The number of benzene rings is 2. The lowest BCUT2D eigenvalue weighted by Gasteiger charge is -2.10. The molecule has 0 saturated carbocycles. The molecule has 0 aliphatic carbocycles. The van der Waals surface area contributed by atoms with Gasteiger partial charge < -0.3 is 9.50 Å². The molecule has 4 aromatic rings. The van der Waals surface area contributed by atoms with Crippen LogP contribution in [0.5, 0.6) is 5.75 Å². The van der Waals surface area contributed by atoms with Crippen molar-refractivity contribution in [2.75, 3.05) is 11.6 Å². The van der Waals surface area contributed by atoms with Crippen LogP contribution in [0.4, 0.5) is 10.5 Å². The molecule has 176 valence electrons. The monoisotopic (exact) mass is 537 g/mol. The van der Waals surface area contributed by atoms with Crippen LogP contribution in [0.3, 0.4) is 0 Å². The highest BCUT2D eigenvalue weighted by atomic mass is 35.5. The second kappa shape index (κ2) is 9.58. The number of pyridine rings is 1.